The molecule has 1 amide bonds. The van der Waals surface area contributed by atoms with Gasteiger partial charge in [-0.15, -0.1) is 22.6 Å². The molecule has 1 saturated heterocycles. The molecule has 7 nitrogen and oxygen atoms in total. The fraction of sp³-hybridized carbons (Fsp3) is 0.333. The van der Waals surface area contributed by atoms with Crippen LogP contribution in [0.4, 0.5) is 9.52 Å². The zero-order chi connectivity index (χ0) is 18.6. The second kappa shape index (κ2) is 9.22. The first-order chi connectivity index (χ1) is 13.2. The molecule has 0 spiro atoms. The number of hydrogen-bond donors (Lipinski definition) is 2. The molecule has 0 radical (unpaired) electrons. The molecule has 3 heterocycles. The quantitative estimate of drug-likeness (QED) is 0.660. The van der Waals surface area contributed by atoms with E-state index in [2.05, 4.69) is 25.9 Å². The maximum absolute atomic E-state index is 13.3. The molecule has 0 aliphatic carbocycles. The second-order valence-corrected chi connectivity index (χ2v) is 7.51. The molecule has 1 aliphatic heterocycles. The molecule has 1 unspecified atom stereocenters. The van der Waals surface area contributed by atoms with Crippen molar-refractivity contribution in [2.24, 2.45) is 0 Å². The summed E-state index contributed by atoms with van der Waals surface area (Å²) in [6, 6.07) is 8.34. The Hall–Kier alpha value is -2.36. The molecular weight excluding hydrogens is 403 g/mol. The fourth-order valence-corrected chi connectivity index (χ4v) is 3.85. The highest BCUT2D eigenvalue weighted by molar-refractivity contribution is 7.15. The number of amides is 1. The third kappa shape index (κ3) is 4.92. The second-order valence-electron chi connectivity index (χ2n) is 6.44. The van der Waals surface area contributed by atoms with Crippen molar-refractivity contribution in [3.8, 4) is 0 Å². The Morgan fingerprint density at radius 3 is 3.04 bits per heavy atom. The Kier molecular flexibility index (Phi) is 6.71. The van der Waals surface area contributed by atoms with Crippen molar-refractivity contribution < 1.29 is 9.18 Å². The normalized spacial score (nSPS) is 16.4. The predicted molar refractivity (Wildman–Crippen MR) is 108 cm³/mol. The summed E-state index contributed by atoms with van der Waals surface area (Å²) in [5.41, 5.74) is 1.16. The smallest absolute Gasteiger partial charge is 0.277 e. The fourth-order valence-electron chi connectivity index (χ4n) is 3.08. The van der Waals surface area contributed by atoms with E-state index in [0.29, 0.717) is 22.3 Å². The minimum Gasteiger partial charge on any atom is -0.315 e. The summed E-state index contributed by atoms with van der Waals surface area (Å²) >= 11 is 1.27. The van der Waals surface area contributed by atoms with Crippen molar-refractivity contribution in [3.05, 3.63) is 58.6 Å². The lowest BCUT2D eigenvalue weighted by atomic mass is 10.1. The minimum atomic E-state index is -0.314. The first-order valence-corrected chi connectivity index (χ1v) is 9.63. The van der Waals surface area contributed by atoms with E-state index < -0.39 is 0 Å². The molecule has 1 atom stereocenters. The van der Waals surface area contributed by atoms with Crippen LogP contribution in [0.5, 0.6) is 0 Å². The Labute approximate surface area is 171 Å². The van der Waals surface area contributed by atoms with E-state index in [1.54, 1.807) is 12.1 Å². The van der Waals surface area contributed by atoms with Gasteiger partial charge in [0.25, 0.3) is 5.91 Å². The Morgan fingerprint density at radius 1 is 1.36 bits per heavy atom. The van der Waals surface area contributed by atoms with Gasteiger partial charge in [0, 0.05) is 19.2 Å². The lowest BCUT2D eigenvalue weighted by Crippen LogP contribution is -2.32. The molecule has 0 bridgehead atoms. The molecule has 10 heteroatoms. The first kappa shape index (κ1) is 20.4. The summed E-state index contributed by atoms with van der Waals surface area (Å²) in [6.45, 7) is 1.89. The maximum atomic E-state index is 13.3. The highest BCUT2D eigenvalue weighted by Gasteiger charge is 2.18. The molecule has 3 aromatic rings. The SMILES string of the molecule is Cl.O=C(Nc1nnc(Cc2cccc(F)c2)s1)c1ccn(C2CCCNC2)n1. The van der Waals surface area contributed by atoms with Crippen LogP contribution in [0.1, 0.15) is 39.9 Å². The highest BCUT2D eigenvalue weighted by Crippen LogP contribution is 2.20. The van der Waals surface area contributed by atoms with Crippen LogP contribution in [0.2, 0.25) is 0 Å². The van der Waals surface area contributed by atoms with Crippen LogP contribution >= 0.6 is 23.7 Å². The predicted octanol–water partition coefficient (Wildman–Crippen LogP) is 3.06. The Morgan fingerprint density at radius 2 is 2.25 bits per heavy atom. The summed E-state index contributed by atoms with van der Waals surface area (Å²) in [4.78, 5) is 12.4. The number of halogens is 2. The lowest BCUT2D eigenvalue weighted by molar-refractivity contribution is 0.102. The van der Waals surface area contributed by atoms with Crippen LogP contribution < -0.4 is 10.6 Å². The average molecular weight is 423 g/mol. The van der Waals surface area contributed by atoms with Crippen molar-refractivity contribution >= 4 is 34.8 Å². The van der Waals surface area contributed by atoms with Crippen LogP contribution in [0, 0.1) is 5.82 Å². The van der Waals surface area contributed by atoms with Gasteiger partial charge in [-0.05, 0) is 43.1 Å². The van der Waals surface area contributed by atoms with Crippen molar-refractivity contribution in [2.75, 3.05) is 18.4 Å². The van der Waals surface area contributed by atoms with E-state index in [-0.39, 0.29) is 30.2 Å². The highest BCUT2D eigenvalue weighted by atomic mass is 35.5. The van der Waals surface area contributed by atoms with Gasteiger partial charge >= 0.3 is 0 Å². The van der Waals surface area contributed by atoms with E-state index in [1.807, 2.05) is 16.9 Å². The Bertz CT molecular complexity index is 940. The number of nitrogens with zero attached hydrogens (tertiary/aromatic N) is 4. The number of nitrogens with one attached hydrogen (secondary N) is 2. The average Bonchev–Trinajstić information content (AvgIpc) is 3.32. The van der Waals surface area contributed by atoms with Gasteiger partial charge in [0.05, 0.1) is 6.04 Å². The van der Waals surface area contributed by atoms with Gasteiger partial charge < -0.3 is 5.32 Å². The number of piperidine rings is 1. The van der Waals surface area contributed by atoms with E-state index in [1.165, 1.54) is 23.5 Å². The van der Waals surface area contributed by atoms with E-state index in [9.17, 15) is 9.18 Å². The monoisotopic (exact) mass is 422 g/mol. The number of carbonyl (C=O) groups is 1. The van der Waals surface area contributed by atoms with Gasteiger partial charge in [-0.2, -0.15) is 5.10 Å². The van der Waals surface area contributed by atoms with Gasteiger partial charge in [0.1, 0.15) is 10.8 Å². The molecule has 4 rings (SSSR count). The van der Waals surface area contributed by atoms with Gasteiger partial charge in [0.15, 0.2) is 5.69 Å². The van der Waals surface area contributed by atoms with Crippen LogP contribution in [0.25, 0.3) is 0 Å². The number of benzene rings is 1. The summed E-state index contributed by atoms with van der Waals surface area (Å²) in [7, 11) is 0. The minimum absolute atomic E-state index is 0. The molecular formula is C18H20ClFN6OS. The molecule has 1 aliphatic rings. The molecule has 28 heavy (non-hydrogen) atoms. The van der Waals surface area contributed by atoms with E-state index in [0.717, 1.165) is 31.5 Å². The number of carbonyl (C=O) groups excluding carboxylic acids is 1. The molecule has 148 valence electrons. The number of aromatic nitrogens is 4. The van der Waals surface area contributed by atoms with Crippen LogP contribution in [-0.4, -0.2) is 39.0 Å². The van der Waals surface area contributed by atoms with Crippen molar-refractivity contribution in [3.63, 3.8) is 0 Å². The van der Waals surface area contributed by atoms with Gasteiger partial charge in [-0.25, -0.2) is 4.39 Å². The van der Waals surface area contributed by atoms with E-state index >= 15 is 0 Å². The first-order valence-electron chi connectivity index (χ1n) is 8.81. The zero-order valence-corrected chi connectivity index (χ0v) is 16.6. The van der Waals surface area contributed by atoms with Crippen molar-refractivity contribution in [1.29, 1.82) is 0 Å². The van der Waals surface area contributed by atoms with E-state index in [4.69, 9.17) is 0 Å². The maximum Gasteiger partial charge on any atom is 0.277 e. The summed E-state index contributed by atoms with van der Waals surface area (Å²) in [6.07, 6.45) is 4.46. The number of anilines is 1. The molecule has 2 aromatic heterocycles. The van der Waals surface area contributed by atoms with Crippen LogP contribution in [0.15, 0.2) is 36.5 Å². The third-order valence-electron chi connectivity index (χ3n) is 4.42. The van der Waals surface area contributed by atoms with Crippen LogP contribution in [0.3, 0.4) is 0 Å². The summed E-state index contributed by atoms with van der Waals surface area (Å²) < 4.78 is 15.1. The largest absolute Gasteiger partial charge is 0.315 e. The topological polar surface area (TPSA) is 84.7 Å². The number of hydrogen-bond acceptors (Lipinski definition) is 6. The molecule has 1 aromatic carbocycles. The standard InChI is InChI=1S/C18H19FN6OS.ClH/c19-13-4-1-3-12(9-13)10-16-22-23-18(27-16)21-17(26)15-6-8-25(24-15)14-5-2-7-20-11-14;/h1,3-4,6,8-9,14,20H,2,5,7,10-11H2,(H,21,23,26);1H. The zero-order valence-electron chi connectivity index (χ0n) is 15.0. The number of rotatable bonds is 5. The van der Waals surface area contributed by atoms with Crippen molar-refractivity contribution in [2.45, 2.75) is 25.3 Å². The van der Waals surface area contributed by atoms with Crippen LogP contribution in [-0.2, 0) is 6.42 Å². The third-order valence-corrected chi connectivity index (χ3v) is 5.26. The lowest BCUT2D eigenvalue weighted by Gasteiger charge is -2.22. The summed E-state index contributed by atoms with van der Waals surface area (Å²) in [5, 5.41) is 19.6. The Balaban J connectivity index is 0.00000225. The molecule has 1 fully saturated rings. The van der Waals surface area contributed by atoms with Crippen molar-refractivity contribution in [1.82, 2.24) is 25.3 Å². The summed E-state index contributed by atoms with van der Waals surface area (Å²) in [5.74, 6) is -0.597. The molecule has 0 saturated carbocycles. The van der Waals surface area contributed by atoms with Gasteiger partial charge in [-0.1, -0.05) is 23.5 Å². The molecule has 2 N–H and O–H groups in total. The van der Waals surface area contributed by atoms with Gasteiger partial charge in [0.2, 0.25) is 5.13 Å². The van der Waals surface area contributed by atoms with Gasteiger partial charge in [-0.3, -0.25) is 14.8 Å².